The van der Waals surface area contributed by atoms with Crippen molar-refractivity contribution in [3.05, 3.63) is 29.8 Å². The van der Waals surface area contributed by atoms with Crippen LogP contribution >= 0.6 is 0 Å². The van der Waals surface area contributed by atoms with Crippen molar-refractivity contribution in [3.63, 3.8) is 0 Å². The molecule has 0 saturated heterocycles. The number of nitrogens with zero attached hydrogens (tertiary/aromatic N) is 1. The van der Waals surface area contributed by atoms with Gasteiger partial charge in [-0.3, -0.25) is 9.69 Å². The van der Waals surface area contributed by atoms with E-state index >= 15 is 0 Å². The maximum Gasteiger partial charge on any atom is 0.234 e. The molecular formula is C15H25N3O. The summed E-state index contributed by atoms with van der Waals surface area (Å²) in [7, 11) is 0. The summed E-state index contributed by atoms with van der Waals surface area (Å²) in [5.41, 5.74) is 7.75. The van der Waals surface area contributed by atoms with Gasteiger partial charge in [0.2, 0.25) is 5.91 Å². The number of nitrogen functional groups attached to an aromatic ring is 1. The molecule has 0 fully saturated rings. The van der Waals surface area contributed by atoms with Gasteiger partial charge >= 0.3 is 0 Å². The van der Waals surface area contributed by atoms with Crippen molar-refractivity contribution in [2.75, 3.05) is 31.9 Å². The Morgan fingerprint density at radius 1 is 1.26 bits per heavy atom. The van der Waals surface area contributed by atoms with Crippen molar-refractivity contribution in [3.8, 4) is 0 Å². The van der Waals surface area contributed by atoms with E-state index in [4.69, 9.17) is 5.73 Å². The number of carbonyl (C=O) groups excluding carboxylic acids is 1. The minimum absolute atomic E-state index is 0.108. The molecule has 1 rings (SSSR count). The molecule has 4 heteroatoms. The number of hydrogen-bond donors (Lipinski definition) is 2. The molecule has 0 unspecified atom stereocenters. The average molecular weight is 263 g/mol. The molecule has 0 aliphatic carbocycles. The maximum atomic E-state index is 11.5. The molecule has 0 aliphatic heterocycles. The monoisotopic (exact) mass is 263 g/mol. The highest BCUT2D eigenvalue weighted by atomic mass is 16.2. The highest BCUT2D eigenvalue weighted by Gasteiger charge is 2.07. The molecule has 106 valence electrons. The Hall–Kier alpha value is -1.55. The molecule has 0 radical (unpaired) electrons. The maximum absolute atomic E-state index is 11.5. The normalized spacial score (nSPS) is 10.7. The van der Waals surface area contributed by atoms with E-state index in [1.54, 1.807) is 0 Å². The lowest BCUT2D eigenvalue weighted by Gasteiger charge is -2.19. The van der Waals surface area contributed by atoms with Gasteiger partial charge in [-0.1, -0.05) is 19.1 Å². The highest BCUT2D eigenvalue weighted by Crippen LogP contribution is 2.08. The summed E-state index contributed by atoms with van der Waals surface area (Å²) in [5, 5.41) is 2.83. The average Bonchev–Trinajstić information content (AvgIpc) is 2.40. The number of likely N-dealkylation sites (N-methyl/N-ethyl adjacent to an activating group) is 2. The van der Waals surface area contributed by atoms with E-state index in [0.717, 1.165) is 31.6 Å². The molecule has 19 heavy (non-hydrogen) atoms. The Kier molecular flexibility index (Phi) is 6.97. The van der Waals surface area contributed by atoms with Gasteiger partial charge in [-0.05, 0) is 50.6 Å². The third kappa shape index (κ3) is 6.25. The van der Waals surface area contributed by atoms with Crippen molar-refractivity contribution in [2.24, 2.45) is 0 Å². The van der Waals surface area contributed by atoms with Gasteiger partial charge in [0.05, 0.1) is 6.54 Å². The molecule has 0 bridgehead atoms. The predicted molar refractivity (Wildman–Crippen MR) is 80.0 cm³/mol. The van der Waals surface area contributed by atoms with Gasteiger partial charge in [0.15, 0.2) is 0 Å². The van der Waals surface area contributed by atoms with Crippen LogP contribution in [0.15, 0.2) is 24.3 Å². The first-order valence-electron chi connectivity index (χ1n) is 6.99. The fourth-order valence-corrected chi connectivity index (χ4v) is 2.00. The van der Waals surface area contributed by atoms with Gasteiger partial charge in [-0.15, -0.1) is 0 Å². The van der Waals surface area contributed by atoms with Crippen LogP contribution < -0.4 is 11.1 Å². The fourth-order valence-electron chi connectivity index (χ4n) is 2.00. The van der Waals surface area contributed by atoms with E-state index in [2.05, 4.69) is 29.3 Å². The fraction of sp³-hybridized carbons (Fsp3) is 0.533. The molecule has 0 atom stereocenters. The number of hydrogen-bond acceptors (Lipinski definition) is 3. The molecule has 1 amide bonds. The topological polar surface area (TPSA) is 58.4 Å². The Morgan fingerprint density at radius 3 is 2.53 bits per heavy atom. The highest BCUT2D eigenvalue weighted by molar-refractivity contribution is 5.77. The summed E-state index contributed by atoms with van der Waals surface area (Å²) in [6.45, 7) is 7.06. The van der Waals surface area contributed by atoms with Gasteiger partial charge in [-0.2, -0.15) is 0 Å². The number of rotatable bonds is 8. The van der Waals surface area contributed by atoms with E-state index in [9.17, 15) is 4.79 Å². The molecule has 0 heterocycles. The minimum atomic E-state index is 0.108. The second-order valence-electron chi connectivity index (χ2n) is 4.67. The molecule has 1 aromatic carbocycles. The Bertz CT molecular complexity index is 375. The standard InChI is InChI=1S/C15H25N3O/c1-3-17-15(19)12-18(4-2)11-5-6-13-7-9-14(16)10-8-13/h7-10H,3-6,11-12,16H2,1-2H3,(H,17,19). The van der Waals surface area contributed by atoms with Crippen LogP contribution in [0, 0.1) is 0 Å². The summed E-state index contributed by atoms with van der Waals surface area (Å²) < 4.78 is 0. The zero-order valence-corrected chi connectivity index (χ0v) is 12.0. The van der Waals surface area contributed by atoms with Gasteiger partial charge in [0.1, 0.15) is 0 Å². The zero-order valence-electron chi connectivity index (χ0n) is 12.0. The largest absolute Gasteiger partial charge is 0.399 e. The zero-order chi connectivity index (χ0) is 14.1. The number of aryl methyl sites for hydroxylation is 1. The molecule has 0 saturated carbocycles. The van der Waals surface area contributed by atoms with Gasteiger partial charge in [0.25, 0.3) is 0 Å². The molecule has 0 aromatic heterocycles. The summed E-state index contributed by atoms with van der Waals surface area (Å²) in [6, 6.07) is 7.99. The van der Waals surface area contributed by atoms with Gasteiger partial charge in [0, 0.05) is 12.2 Å². The van der Waals surface area contributed by atoms with E-state index in [-0.39, 0.29) is 5.91 Å². The quantitative estimate of drug-likeness (QED) is 0.701. The molecule has 1 aromatic rings. The number of benzene rings is 1. The van der Waals surface area contributed by atoms with Crippen LogP contribution in [0.2, 0.25) is 0 Å². The molecule has 0 aliphatic rings. The second kappa shape index (κ2) is 8.53. The van der Waals surface area contributed by atoms with E-state index in [0.29, 0.717) is 13.1 Å². The smallest absolute Gasteiger partial charge is 0.234 e. The van der Waals surface area contributed by atoms with Crippen molar-refractivity contribution in [2.45, 2.75) is 26.7 Å². The van der Waals surface area contributed by atoms with Crippen molar-refractivity contribution < 1.29 is 4.79 Å². The molecule has 0 spiro atoms. The molecule has 4 nitrogen and oxygen atoms in total. The summed E-state index contributed by atoms with van der Waals surface area (Å²) >= 11 is 0. The number of nitrogens with two attached hydrogens (primary N) is 1. The Balaban J connectivity index is 2.29. The van der Waals surface area contributed by atoms with Gasteiger partial charge in [-0.25, -0.2) is 0 Å². The number of carbonyl (C=O) groups is 1. The summed E-state index contributed by atoms with van der Waals surface area (Å²) in [5.74, 6) is 0.108. The number of amides is 1. The summed E-state index contributed by atoms with van der Waals surface area (Å²) in [4.78, 5) is 13.7. The van der Waals surface area contributed by atoms with Crippen LogP contribution in [0.25, 0.3) is 0 Å². The molecule has 3 N–H and O–H groups in total. The second-order valence-corrected chi connectivity index (χ2v) is 4.67. The van der Waals surface area contributed by atoms with E-state index < -0.39 is 0 Å². The van der Waals surface area contributed by atoms with Crippen LogP contribution in [-0.2, 0) is 11.2 Å². The van der Waals surface area contributed by atoms with Crippen LogP contribution in [0.5, 0.6) is 0 Å². The SMILES string of the molecule is CCNC(=O)CN(CC)CCCc1ccc(N)cc1. The van der Waals surface area contributed by atoms with Crippen molar-refractivity contribution >= 4 is 11.6 Å². The number of anilines is 1. The lowest BCUT2D eigenvalue weighted by atomic mass is 10.1. The first-order chi connectivity index (χ1) is 9.15. The molecular weight excluding hydrogens is 238 g/mol. The van der Waals surface area contributed by atoms with Gasteiger partial charge < -0.3 is 11.1 Å². The first-order valence-corrected chi connectivity index (χ1v) is 6.99. The Labute approximate surface area is 116 Å². The summed E-state index contributed by atoms with van der Waals surface area (Å²) in [6.07, 6.45) is 2.07. The van der Waals surface area contributed by atoms with Crippen molar-refractivity contribution in [1.82, 2.24) is 10.2 Å². The minimum Gasteiger partial charge on any atom is -0.399 e. The third-order valence-electron chi connectivity index (χ3n) is 3.11. The Morgan fingerprint density at radius 2 is 1.95 bits per heavy atom. The lowest BCUT2D eigenvalue weighted by Crippen LogP contribution is -2.37. The lowest BCUT2D eigenvalue weighted by molar-refractivity contribution is -0.122. The van der Waals surface area contributed by atoms with Crippen LogP contribution in [0.4, 0.5) is 5.69 Å². The van der Waals surface area contributed by atoms with Crippen molar-refractivity contribution in [1.29, 1.82) is 0 Å². The van der Waals surface area contributed by atoms with Crippen LogP contribution in [-0.4, -0.2) is 37.0 Å². The van der Waals surface area contributed by atoms with Crippen LogP contribution in [0.3, 0.4) is 0 Å². The number of nitrogens with one attached hydrogen (secondary N) is 1. The predicted octanol–water partition coefficient (Wildman–Crippen LogP) is 1.66. The van der Waals surface area contributed by atoms with E-state index in [1.165, 1.54) is 5.56 Å². The first kappa shape index (κ1) is 15.5. The third-order valence-corrected chi connectivity index (χ3v) is 3.11. The van der Waals surface area contributed by atoms with E-state index in [1.807, 2.05) is 19.1 Å². The van der Waals surface area contributed by atoms with Crippen LogP contribution in [0.1, 0.15) is 25.8 Å².